The minimum absolute atomic E-state index is 0.0614. The Morgan fingerprint density at radius 2 is 2.23 bits per heavy atom. The molecule has 0 atom stereocenters. The SMILES string of the molecule is COc1ccc2c(c1C)NC(=O)C2. The highest BCUT2D eigenvalue weighted by atomic mass is 16.5. The molecule has 68 valence electrons. The Bertz CT molecular complexity index is 371. The highest BCUT2D eigenvalue weighted by Gasteiger charge is 2.20. The van der Waals surface area contributed by atoms with Gasteiger partial charge in [0.25, 0.3) is 0 Å². The third kappa shape index (κ3) is 1.16. The summed E-state index contributed by atoms with van der Waals surface area (Å²) in [6.07, 6.45) is 0.486. The Morgan fingerprint density at radius 1 is 1.46 bits per heavy atom. The Hall–Kier alpha value is -1.51. The summed E-state index contributed by atoms with van der Waals surface area (Å²) in [5.74, 6) is 0.882. The van der Waals surface area contributed by atoms with Crippen molar-refractivity contribution in [3.05, 3.63) is 23.3 Å². The van der Waals surface area contributed by atoms with E-state index in [1.165, 1.54) is 0 Å². The van der Waals surface area contributed by atoms with E-state index in [1.54, 1.807) is 7.11 Å². The van der Waals surface area contributed by atoms with Crippen LogP contribution in [0.15, 0.2) is 12.1 Å². The third-order valence-electron chi connectivity index (χ3n) is 2.34. The molecule has 1 aliphatic rings. The van der Waals surface area contributed by atoms with E-state index in [9.17, 15) is 4.79 Å². The second kappa shape index (κ2) is 2.76. The second-order valence-corrected chi connectivity index (χ2v) is 3.15. The third-order valence-corrected chi connectivity index (χ3v) is 2.34. The zero-order chi connectivity index (χ0) is 9.42. The first-order chi connectivity index (χ1) is 6.22. The number of anilines is 1. The molecule has 1 N–H and O–H groups in total. The fourth-order valence-corrected chi connectivity index (χ4v) is 1.65. The molecular weight excluding hydrogens is 166 g/mol. The van der Waals surface area contributed by atoms with Crippen LogP contribution in [0, 0.1) is 6.92 Å². The van der Waals surface area contributed by atoms with Gasteiger partial charge in [0.05, 0.1) is 19.2 Å². The number of ether oxygens (including phenoxy) is 1. The maximum Gasteiger partial charge on any atom is 0.228 e. The molecule has 2 rings (SSSR count). The van der Waals surface area contributed by atoms with Crippen molar-refractivity contribution in [2.45, 2.75) is 13.3 Å². The van der Waals surface area contributed by atoms with Gasteiger partial charge in [-0.25, -0.2) is 0 Å². The maximum atomic E-state index is 11.1. The molecule has 1 aromatic carbocycles. The molecule has 1 heterocycles. The molecule has 1 aromatic rings. The van der Waals surface area contributed by atoms with Crippen LogP contribution in [0.25, 0.3) is 0 Å². The van der Waals surface area contributed by atoms with E-state index in [1.807, 2.05) is 19.1 Å². The van der Waals surface area contributed by atoms with Crippen LogP contribution >= 0.6 is 0 Å². The molecule has 0 fully saturated rings. The lowest BCUT2D eigenvalue weighted by Crippen LogP contribution is -2.04. The molecule has 0 unspecified atom stereocenters. The van der Waals surface area contributed by atoms with E-state index in [4.69, 9.17) is 4.74 Å². The number of fused-ring (bicyclic) bond motifs is 1. The Labute approximate surface area is 76.7 Å². The number of rotatable bonds is 1. The molecule has 0 radical (unpaired) electrons. The normalized spacial score (nSPS) is 13.8. The van der Waals surface area contributed by atoms with Gasteiger partial charge >= 0.3 is 0 Å². The molecule has 0 bridgehead atoms. The smallest absolute Gasteiger partial charge is 0.228 e. The molecule has 13 heavy (non-hydrogen) atoms. The van der Waals surface area contributed by atoms with Crippen LogP contribution in [0.2, 0.25) is 0 Å². The van der Waals surface area contributed by atoms with E-state index >= 15 is 0 Å². The number of methoxy groups -OCH3 is 1. The summed E-state index contributed by atoms with van der Waals surface area (Å²) >= 11 is 0. The topological polar surface area (TPSA) is 38.3 Å². The Balaban J connectivity index is 2.54. The molecule has 1 aliphatic heterocycles. The van der Waals surface area contributed by atoms with Crippen LogP contribution in [0.4, 0.5) is 5.69 Å². The van der Waals surface area contributed by atoms with Gasteiger partial charge in [-0.05, 0) is 18.6 Å². The predicted molar refractivity (Wildman–Crippen MR) is 50.1 cm³/mol. The highest BCUT2D eigenvalue weighted by Crippen LogP contribution is 2.32. The van der Waals surface area contributed by atoms with Gasteiger partial charge in [0.1, 0.15) is 5.75 Å². The summed E-state index contributed by atoms with van der Waals surface area (Å²) in [5, 5.41) is 2.82. The lowest BCUT2D eigenvalue weighted by Gasteiger charge is -2.08. The van der Waals surface area contributed by atoms with Gasteiger partial charge in [0, 0.05) is 5.56 Å². The molecule has 1 amide bonds. The maximum absolute atomic E-state index is 11.1. The standard InChI is InChI=1S/C10H11NO2/c1-6-8(13-2)4-3-7-5-9(12)11-10(6)7/h3-4H,5H2,1-2H3,(H,11,12). The van der Waals surface area contributed by atoms with Crippen LogP contribution < -0.4 is 10.1 Å². The van der Waals surface area contributed by atoms with Gasteiger partial charge in [0.2, 0.25) is 5.91 Å². The minimum Gasteiger partial charge on any atom is -0.496 e. The molecule has 0 saturated heterocycles. The summed E-state index contributed by atoms with van der Waals surface area (Å²) in [4.78, 5) is 11.1. The van der Waals surface area contributed by atoms with Crippen molar-refractivity contribution >= 4 is 11.6 Å². The summed E-state index contributed by atoms with van der Waals surface area (Å²) in [6, 6.07) is 3.83. The van der Waals surface area contributed by atoms with Crippen molar-refractivity contribution in [2.75, 3.05) is 12.4 Å². The van der Waals surface area contributed by atoms with E-state index in [2.05, 4.69) is 5.32 Å². The quantitative estimate of drug-likeness (QED) is 0.705. The van der Waals surface area contributed by atoms with Crippen LogP contribution in [0.1, 0.15) is 11.1 Å². The van der Waals surface area contributed by atoms with E-state index in [-0.39, 0.29) is 5.91 Å². The first-order valence-electron chi connectivity index (χ1n) is 4.18. The minimum atomic E-state index is 0.0614. The average molecular weight is 177 g/mol. The van der Waals surface area contributed by atoms with Crippen molar-refractivity contribution in [2.24, 2.45) is 0 Å². The number of carbonyl (C=O) groups is 1. The number of hydrogen-bond acceptors (Lipinski definition) is 2. The number of hydrogen-bond donors (Lipinski definition) is 1. The first-order valence-corrected chi connectivity index (χ1v) is 4.18. The van der Waals surface area contributed by atoms with E-state index in [0.717, 1.165) is 22.6 Å². The monoisotopic (exact) mass is 177 g/mol. The van der Waals surface area contributed by atoms with Crippen LogP contribution in [0.5, 0.6) is 5.75 Å². The van der Waals surface area contributed by atoms with Gasteiger partial charge in [-0.15, -0.1) is 0 Å². The van der Waals surface area contributed by atoms with Crippen LogP contribution in [-0.4, -0.2) is 13.0 Å². The molecule has 0 aromatic heterocycles. The number of amides is 1. The van der Waals surface area contributed by atoms with Crippen molar-refractivity contribution in [3.8, 4) is 5.75 Å². The zero-order valence-electron chi connectivity index (χ0n) is 7.68. The fraction of sp³-hybridized carbons (Fsp3) is 0.300. The van der Waals surface area contributed by atoms with Crippen molar-refractivity contribution < 1.29 is 9.53 Å². The van der Waals surface area contributed by atoms with Crippen molar-refractivity contribution in [1.82, 2.24) is 0 Å². The molecule has 3 nitrogen and oxygen atoms in total. The second-order valence-electron chi connectivity index (χ2n) is 3.15. The summed E-state index contributed by atoms with van der Waals surface area (Å²) < 4.78 is 5.15. The van der Waals surface area contributed by atoms with Crippen LogP contribution in [0.3, 0.4) is 0 Å². The number of carbonyl (C=O) groups excluding carboxylic acids is 1. The first kappa shape index (κ1) is 8.10. The van der Waals surface area contributed by atoms with Crippen molar-refractivity contribution in [1.29, 1.82) is 0 Å². The van der Waals surface area contributed by atoms with Gasteiger partial charge in [-0.3, -0.25) is 4.79 Å². The summed E-state index contributed by atoms with van der Waals surface area (Å²) in [6.45, 7) is 1.95. The van der Waals surface area contributed by atoms with E-state index in [0.29, 0.717) is 6.42 Å². The molecule has 0 aliphatic carbocycles. The lowest BCUT2D eigenvalue weighted by atomic mass is 10.1. The zero-order valence-corrected chi connectivity index (χ0v) is 7.68. The predicted octanol–water partition coefficient (Wildman–Crippen LogP) is 1.50. The fourth-order valence-electron chi connectivity index (χ4n) is 1.65. The number of benzene rings is 1. The lowest BCUT2D eigenvalue weighted by molar-refractivity contribution is -0.115. The van der Waals surface area contributed by atoms with Gasteiger partial charge in [-0.2, -0.15) is 0 Å². The number of nitrogens with one attached hydrogen (secondary N) is 1. The summed E-state index contributed by atoms with van der Waals surface area (Å²) in [7, 11) is 1.63. The van der Waals surface area contributed by atoms with Crippen molar-refractivity contribution in [3.63, 3.8) is 0 Å². The average Bonchev–Trinajstić information content (AvgIpc) is 2.47. The summed E-state index contributed by atoms with van der Waals surface area (Å²) in [5.41, 5.74) is 2.98. The van der Waals surface area contributed by atoms with Crippen LogP contribution in [-0.2, 0) is 11.2 Å². The van der Waals surface area contributed by atoms with Gasteiger partial charge < -0.3 is 10.1 Å². The molecular formula is C10H11NO2. The molecule has 3 heteroatoms. The largest absolute Gasteiger partial charge is 0.496 e. The Kier molecular flexibility index (Phi) is 1.72. The highest BCUT2D eigenvalue weighted by molar-refractivity contribution is 6.00. The molecule has 0 spiro atoms. The van der Waals surface area contributed by atoms with Gasteiger partial charge in [-0.1, -0.05) is 6.07 Å². The molecule has 0 saturated carbocycles. The van der Waals surface area contributed by atoms with E-state index < -0.39 is 0 Å². The van der Waals surface area contributed by atoms with Gasteiger partial charge in [0.15, 0.2) is 0 Å². The Morgan fingerprint density at radius 3 is 2.92 bits per heavy atom.